The minimum Gasteiger partial charge on any atom is -0.259 e. The highest BCUT2D eigenvalue weighted by atomic mass is 79.9. The highest BCUT2D eigenvalue weighted by Crippen LogP contribution is 2.29. The first-order valence-electron chi connectivity index (χ1n) is 5.59. The molecular formula is C13H11BrFNO2S2. The Hall–Kier alpha value is -1.18. The predicted molar refractivity (Wildman–Crippen MR) is 83.1 cm³/mol. The van der Waals surface area contributed by atoms with Crippen LogP contribution in [0.1, 0.15) is 0 Å². The Morgan fingerprint density at radius 1 is 1.40 bits per heavy atom. The molecule has 106 valence electrons. The van der Waals surface area contributed by atoms with Crippen LogP contribution in [0.5, 0.6) is 0 Å². The zero-order valence-electron chi connectivity index (χ0n) is 10.3. The third kappa shape index (κ3) is 2.94. The van der Waals surface area contributed by atoms with E-state index < -0.39 is 15.8 Å². The quantitative estimate of drug-likeness (QED) is 0.739. The van der Waals surface area contributed by atoms with Gasteiger partial charge in [-0.15, -0.1) is 17.9 Å². The van der Waals surface area contributed by atoms with Crippen molar-refractivity contribution in [1.82, 2.24) is 0 Å². The van der Waals surface area contributed by atoms with E-state index in [0.29, 0.717) is 4.47 Å². The van der Waals surface area contributed by atoms with Gasteiger partial charge in [0.15, 0.2) is 0 Å². The van der Waals surface area contributed by atoms with E-state index in [4.69, 9.17) is 0 Å². The molecule has 0 aliphatic rings. The second-order valence-electron chi connectivity index (χ2n) is 3.85. The van der Waals surface area contributed by atoms with Gasteiger partial charge >= 0.3 is 0 Å². The molecule has 0 aliphatic carbocycles. The third-order valence-corrected chi connectivity index (χ3v) is 6.16. The maximum atomic E-state index is 14.0. The van der Waals surface area contributed by atoms with Crippen molar-refractivity contribution in [3.63, 3.8) is 0 Å². The molecule has 0 fully saturated rings. The Bertz CT molecular complexity index is 714. The van der Waals surface area contributed by atoms with Crippen molar-refractivity contribution in [2.75, 3.05) is 10.8 Å². The molecule has 1 heterocycles. The second-order valence-corrected chi connectivity index (χ2v) is 7.81. The van der Waals surface area contributed by atoms with E-state index in [0.717, 1.165) is 15.6 Å². The summed E-state index contributed by atoms with van der Waals surface area (Å²) in [4.78, 5) is 0. The Kier molecular flexibility index (Phi) is 4.62. The summed E-state index contributed by atoms with van der Waals surface area (Å²) in [5.74, 6) is -0.610. The highest BCUT2D eigenvalue weighted by Gasteiger charge is 2.27. The van der Waals surface area contributed by atoms with E-state index in [1.807, 2.05) is 0 Å². The molecule has 0 saturated carbocycles. The summed E-state index contributed by atoms with van der Waals surface area (Å²) in [7, 11) is -3.78. The Balaban J connectivity index is 2.54. The van der Waals surface area contributed by atoms with Crippen molar-refractivity contribution >= 4 is 43.0 Å². The monoisotopic (exact) mass is 375 g/mol. The number of hydrogen-bond acceptors (Lipinski definition) is 3. The average molecular weight is 376 g/mol. The van der Waals surface area contributed by atoms with Gasteiger partial charge in [-0.3, -0.25) is 4.31 Å². The van der Waals surface area contributed by atoms with Gasteiger partial charge < -0.3 is 0 Å². The van der Waals surface area contributed by atoms with Crippen LogP contribution in [0.3, 0.4) is 0 Å². The number of anilines is 1. The van der Waals surface area contributed by atoms with Gasteiger partial charge in [0.05, 0.1) is 12.2 Å². The summed E-state index contributed by atoms with van der Waals surface area (Å²) in [6, 6.07) is 7.39. The molecule has 1 aromatic carbocycles. The van der Waals surface area contributed by atoms with Crippen LogP contribution in [0.2, 0.25) is 0 Å². The molecule has 0 spiro atoms. The van der Waals surface area contributed by atoms with Gasteiger partial charge in [0.2, 0.25) is 0 Å². The molecule has 7 heteroatoms. The van der Waals surface area contributed by atoms with Crippen LogP contribution in [0.4, 0.5) is 10.1 Å². The van der Waals surface area contributed by atoms with Gasteiger partial charge in [-0.1, -0.05) is 28.1 Å². The van der Waals surface area contributed by atoms with Gasteiger partial charge in [0.25, 0.3) is 10.0 Å². The van der Waals surface area contributed by atoms with E-state index in [1.165, 1.54) is 24.3 Å². The van der Waals surface area contributed by atoms with E-state index in [9.17, 15) is 12.8 Å². The normalized spacial score (nSPS) is 11.3. The number of rotatable bonds is 5. The molecule has 0 unspecified atom stereocenters. The van der Waals surface area contributed by atoms with Gasteiger partial charge in [-0.2, -0.15) is 0 Å². The molecule has 0 saturated heterocycles. The maximum Gasteiger partial charge on any atom is 0.274 e. The summed E-state index contributed by atoms with van der Waals surface area (Å²) in [6.45, 7) is 3.53. The number of hydrogen-bond donors (Lipinski definition) is 0. The first-order valence-corrected chi connectivity index (χ1v) is 8.70. The van der Waals surface area contributed by atoms with Crippen LogP contribution in [-0.4, -0.2) is 15.0 Å². The highest BCUT2D eigenvalue weighted by molar-refractivity contribution is 9.10. The largest absolute Gasteiger partial charge is 0.274 e. The summed E-state index contributed by atoms with van der Waals surface area (Å²) >= 11 is 4.24. The molecule has 1 aromatic heterocycles. The van der Waals surface area contributed by atoms with E-state index in [1.54, 1.807) is 17.5 Å². The molecule has 0 amide bonds. The average Bonchev–Trinajstić information content (AvgIpc) is 2.91. The van der Waals surface area contributed by atoms with Crippen LogP contribution >= 0.6 is 27.3 Å². The lowest BCUT2D eigenvalue weighted by atomic mass is 10.3. The summed E-state index contributed by atoms with van der Waals surface area (Å²) in [5.41, 5.74) is 0.00139. The first-order chi connectivity index (χ1) is 9.46. The number of halogens is 2. The molecule has 0 atom stereocenters. The minimum absolute atomic E-state index is 0.00120. The Morgan fingerprint density at radius 3 is 2.70 bits per heavy atom. The molecule has 0 aliphatic heterocycles. The lowest BCUT2D eigenvalue weighted by molar-refractivity contribution is 0.589. The molecule has 0 bridgehead atoms. The molecule has 3 nitrogen and oxygen atoms in total. The van der Waals surface area contributed by atoms with Gasteiger partial charge in [-0.25, -0.2) is 12.8 Å². The van der Waals surface area contributed by atoms with Gasteiger partial charge in [0, 0.05) is 4.47 Å². The number of sulfonamides is 1. The number of thiophene rings is 1. The van der Waals surface area contributed by atoms with Crippen molar-refractivity contribution in [2.45, 2.75) is 4.21 Å². The van der Waals surface area contributed by atoms with Crippen molar-refractivity contribution in [3.05, 3.63) is 58.7 Å². The maximum absolute atomic E-state index is 14.0. The Labute approximate surface area is 129 Å². The zero-order chi connectivity index (χ0) is 14.8. The van der Waals surface area contributed by atoms with Crippen LogP contribution in [0.25, 0.3) is 0 Å². The topological polar surface area (TPSA) is 37.4 Å². The summed E-state index contributed by atoms with van der Waals surface area (Å²) in [5, 5.41) is 1.66. The first kappa shape index (κ1) is 15.2. The minimum atomic E-state index is -3.78. The molecule has 20 heavy (non-hydrogen) atoms. The molecule has 2 aromatic rings. The molecular weight excluding hydrogens is 365 g/mol. The molecule has 2 rings (SSSR count). The van der Waals surface area contributed by atoms with Crippen LogP contribution in [0, 0.1) is 5.82 Å². The van der Waals surface area contributed by atoms with E-state index in [-0.39, 0.29) is 16.4 Å². The molecule has 0 N–H and O–H groups in total. The SMILES string of the molecule is C=CCN(c1ccc(Br)cc1F)S(=O)(=O)c1cccs1. The summed E-state index contributed by atoms with van der Waals surface area (Å²) in [6.07, 6.45) is 1.42. The Morgan fingerprint density at radius 2 is 2.15 bits per heavy atom. The van der Waals surface area contributed by atoms with Crippen molar-refractivity contribution in [2.24, 2.45) is 0 Å². The smallest absolute Gasteiger partial charge is 0.259 e. The van der Waals surface area contributed by atoms with Crippen molar-refractivity contribution in [3.8, 4) is 0 Å². The lowest BCUT2D eigenvalue weighted by Gasteiger charge is -2.22. The van der Waals surface area contributed by atoms with Crippen molar-refractivity contribution in [1.29, 1.82) is 0 Å². The lowest BCUT2D eigenvalue weighted by Crippen LogP contribution is -2.31. The summed E-state index contributed by atoms with van der Waals surface area (Å²) < 4.78 is 40.8. The standard InChI is InChI=1S/C13H11BrFNO2S2/c1-2-7-16(12-6-5-10(14)9-11(12)15)20(17,18)13-4-3-8-19-13/h2-6,8-9H,1,7H2. The fourth-order valence-corrected chi connectivity index (χ4v) is 4.53. The van der Waals surface area contributed by atoms with E-state index >= 15 is 0 Å². The number of nitrogens with zero attached hydrogens (tertiary/aromatic N) is 1. The van der Waals surface area contributed by atoms with Gasteiger partial charge in [-0.05, 0) is 29.6 Å². The van der Waals surface area contributed by atoms with Crippen LogP contribution < -0.4 is 4.31 Å². The van der Waals surface area contributed by atoms with Crippen molar-refractivity contribution < 1.29 is 12.8 Å². The van der Waals surface area contributed by atoms with Gasteiger partial charge in [0.1, 0.15) is 10.0 Å². The van der Waals surface area contributed by atoms with Crippen LogP contribution in [-0.2, 0) is 10.0 Å². The fourth-order valence-electron chi connectivity index (χ4n) is 1.65. The molecule has 0 radical (unpaired) electrons. The van der Waals surface area contributed by atoms with E-state index in [2.05, 4.69) is 22.5 Å². The van der Waals surface area contributed by atoms with Crippen LogP contribution in [0.15, 0.2) is 57.0 Å². The second kappa shape index (κ2) is 6.07. The fraction of sp³-hybridized carbons (Fsp3) is 0.0769. The third-order valence-electron chi connectivity index (χ3n) is 2.51. The number of benzene rings is 1. The predicted octanol–water partition coefficient (Wildman–Crippen LogP) is 4.03. The zero-order valence-corrected chi connectivity index (χ0v) is 13.5.